The number of hydrogen-bond donors (Lipinski definition) is 6. The van der Waals surface area contributed by atoms with Crippen molar-refractivity contribution in [2.24, 2.45) is 17.4 Å². The maximum atomic E-state index is 12.2. The Hall–Kier alpha value is -2.69. The number of aliphatic carboxylic acids is 1. The van der Waals surface area contributed by atoms with E-state index in [1.54, 1.807) is 0 Å². The van der Waals surface area contributed by atoms with Crippen LogP contribution in [0, 0.1) is 5.92 Å². The summed E-state index contributed by atoms with van der Waals surface area (Å²) in [5, 5.41) is 15.6. The minimum absolute atomic E-state index is 0.111. The summed E-state index contributed by atoms with van der Waals surface area (Å²) in [6.07, 6.45) is 0.143. The Balaban J connectivity index is 4.83. The lowest BCUT2D eigenvalue weighted by molar-refractivity contribution is -0.138. The predicted octanol–water partition coefficient (Wildman–Crippen LogP) is -2.18. The number of hydrogen-bond acceptors (Lipinski definition) is 6. The van der Waals surface area contributed by atoms with Crippen molar-refractivity contribution < 1.29 is 29.1 Å². The molecule has 0 saturated carbocycles. The van der Waals surface area contributed by atoms with Crippen molar-refractivity contribution in [1.82, 2.24) is 16.0 Å². The molecule has 8 N–H and O–H groups in total. The van der Waals surface area contributed by atoms with Gasteiger partial charge < -0.3 is 32.5 Å². The van der Waals surface area contributed by atoms with Crippen LogP contribution in [0.2, 0.25) is 0 Å². The van der Waals surface area contributed by atoms with Gasteiger partial charge in [-0.25, -0.2) is 0 Å². The van der Waals surface area contributed by atoms with E-state index < -0.39 is 54.3 Å². The SMILES string of the molecule is CC(C)CC(N)C(=O)NC(C)C(=O)NC(CCC(N)=O)C(=O)NCC(=O)O. The van der Waals surface area contributed by atoms with E-state index in [0.717, 1.165) is 0 Å². The van der Waals surface area contributed by atoms with Crippen molar-refractivity contribution in [3.05, 3.63) is 0 Å². The quantitative estimate of drug-likeness (QED) is 0.219. The molecule has 154 valence electrons. The summed E-state index contributed by atoms with van der Waals surface area (Å²) in [5.41, 5.74) is 10.8. The molecule has 0 aliphatic heterocycles. The second kappa shape index (κ2) is 11.8. The molecule has 0 heterocycles. The van der Waals surface area contributed by atoms with Crippen LogP contribution in [0.5, 0.6) is 0 Å². The van der Waals surface area contributed by atoms with Crippen LogP contribution in [0.1, 0.15) is 40.0 Å². The summed E-state index contributed by atoms with van der Waals surface area (Å²) < 4.78 is 0. The molecule has 0 aromatic rings. The second-order valence-corrected chi connectivity index (χ2v) is 6.64. The number of carboxylic acids is 1. The van der Waals surface area contributed by atoms with Crippen molar-refractivity contribution in [2.75, 3.05) is 6.54 Å². The number of carboxylic acid groups (broad SMARTS) is 1. The molecular formula is C16H29N5O6. The molecule has 0 aromatic carbocycles. The van der Waals surface area contributed by atoms with Crippen molar-refractivity contribution in [3.63, 3.8) is 0 Å². The van der Waals surface area contributed by atoms with Gasteiger partial charge in [0, 0.05) is 6.42 Å². The fourth-order valence-corrected chi connectivity index (χ4v) is 2.14. The highest BCUT2D eigenvalue weighted by Gasteiger charge is 2.26. The number of carbonyl (C=O) groups is 5. The van der Waals surface area contributed by atoms with Crippen LogP contribution >= 0.6 is 0 Å². The van der Waals surface area contributed by atoms with E-state index in [9.17, 15) is 24.0 Å². The number of nitrogens with one attached hydrogen (secondary N) is 3. The Labute approximate surface area is 157 Å². The van der Waals surface area contributed by atoms with Crippen LogP contribution in [0.3, 0.4) is 0 Å². The van der Waals surface area contributed by atoms with Crippen LogP contribution in [-0.4, -0.2) is 59.4 Å². The summed E-state index contributed by atoms with van der Waals surface area (Å²) in [6.45, 7) is 4.58. The molecule has 0 radical (unpaired) electrons. The van der Waals surface area contributed by atoms with Gasteiger partial charge in [0.2, 0.25) is 23.6 Å². The van der Waals surface area contributed by atoms with Gasteiger partial charge in [0.05, 0.1) is 6.04 Å². The first-order chi connectivity index (χ1) is 12.4. The number of carbonyl (C=O) groups excluding carboxylic acids is 4. The maximum Gasteiger partial charge on any atom is 0.322 e. The smallest absolute Gasteiger partial charge is 0.322 e. The topological polar surface area (TPSA) is 194 Å². The fourth-order valence-electron chi connectivity index (χ4n) is 2.14. The lowest BCUT2D eigenvalue weighted by Gasteiger charge is -2.22. The largest absolute Gasteiger partial charge is 0.480 e. The normalized spacial score (nSPS) is 14.0. The molecule has 11 heteroatoms. The summed E-state index contributed by atoms with van der Waals surface area (Å²) in [5.74, 6) is -3.70. The van der Waals surface area contributed by atoms with E-state index in [1.165, 1.54) is 6.92 Å². The van der Waals surface area contributed by atoms with Gasteiger partial charge in [-0.15, -0.1) is 0 Å². The van der Waals surface area contributed by atoms with Crippen molar-refractivity contribution in [3.8, 4) is 0 Å². The van der Waals surface area contributed by atoms with Crippen LogP contribution in [0.25, 0.3) is 0 Å². The number of nitrogens with two attached hydrogens (primary N) is 2. The van der Waals surface area contributed by atoms with E-state index in [2.05, 4.69) is 16.0 Å². The molecule has 0 fully saturated rings. The zero-order valence-corrected chi connectivity index (χ0v) is 15.8. The summed E-state index contributed by atoms with van der Waals surface area (Å²) >= 11 is 0. The lowest BCUT2D eigenvalue weighted by Crippen LogP contribution is -2.55. The summed E-state index contributed by atoms with van der Waals surface area (Å²) in [4.78, 5) is 57.7. The Morgan fingerprint density at radius 3 is 2.04 bits per heavy atom. The van der Waals surface area contributed by atoms with Crippen molar-refractivity contribution in [2.45, 2.75) is 58.2 Å². The van der Waals surface area contributed by atoms with Gasteiger partial charge in [0.15, 0.2) is 0 Å². The highest BCUT2D eigenvalue weighted by molar-refractivity contribution is 5.93. The third kappa shape index (κ3) is 10.8. The number of rotatable bonds is 12. The van der Waals surface area contributed by atoms with Gasteiger partial charge in [0.1, 0.15) is 18.6 Å². The molecule has 4 amide bonds. The second-order valence-electron chi connectivity index (χ2n) is 6.64. The highest BCUT2D eigenvalue weighted by Crippen LogP contribution is 2.03. The molecular weight excluding hydrogens is 358 g/mol. The number of amides is 4. The molecule has 0 spiro atoms. The molecule has 0 bridgehead atoms. The van der Waals surface area contributed by atoms with E-state index in [0.29, 0.717) is 6.42 Å². The Bertz CT molecular complexity index is 566. The number of primary amides is 1. The average molecular weight is 387 g/mol. The van der Waals surface area contributed by atoms with Crippen LogP contribution in [0.4, 0.5) is 0 Å². The van der Waals surface area contributed by atoms with Gasteiger partial charge in [-0.2, -0.15) is 0 Å². The molecule has 3 atom stereocenters. The van der Waals surface area contributed by atoms with E-state index in [4.69, 9.17) is 16.6 Å². The van der Waals surface area contributed by atoms with Crippen molar-refractivity contribution >= 4 is 29.6 Å². The molecule has 27 heavy (non-hydrogen) atoms. The third-order valence-corrected chi connectivity index (χ3v) is 3.54. The lowest BCUT2D eigenvalue weighted by atomic mass is 10.0. The maximum absolute atomic E-state index is 12.2. The minimum atomic E-state index is -1.26. The van der Waals surface area contributed by atoms with E-state index >= 15 is 0 Å². The van der Waals surface area contributed by atoms with Crippen LogP contribution in [0.15, 0.2) is 0 Å². The minimum Gasteiger partial charge on any atom is -0.480 e. The van der Waals surface area contributed by atoms with E-state index in [1.807, 2.05) is 13.8 Å². The Kier molecular flexibility index (Phi) is 10.7. The van der Waals surface area contributed by atoms with Crippen LogP contribution < -0.4 is 27.4 Å². The zero-order valence-electron chi connectivity index (χ0n) is 15.8. The average Bonchev–Trinajstić information content (AvgIpc) is 2.54. The van der Waals surface area contributed by atoms with Gasteiger partial charge in [0.25, 0.3) is 0 Å². The van der Waals surface area contributed by atoms with Gasteiger partial charge in [-0.1, -0.05) is 13.8 Å². The fraction of sp³-hybridized carbons (Fsp3) is 0.688. The van der Waals surface area contributed by atoms with E-state index in [-0.39, 0.29) is 18.8 Å². The Morgan fingerprint density at radius 1 is 0.963 bits per heavy atom. The highest BCUT2D eigenvalue weighted by atomic mass is 16.4. The van der Waals surface area contributed by atoms with Gasteiger partial charge >= 0.3 is 5.97 Å². The molecule has 3 unspecified atom stereocenters. The Morgan fingerprint density at radius 2 is 1.56 bits per heavy atom. The molecule has 0 aliphatic carbocycles. The molecule has 11 nitrogen and oxygen atoms in total. The predicted molar refractivity (Wildman–Crippen MR) is 96.0 cm³/mol. The monoisotopic (exact) mass is 387 g/mol. The van der Waals surface area contributed by atoms with Crippen LogP contribution in [-0.2, 0) is 24.0 Å². The first-order valence-corrected chi connectivity index (χ1v) is 8.58. The molecule has 0 rings (SSSR count). The first-order valence-electron chi connectivity index (χ1n) is 8.58. The summed E-state index contributed by atoms with van der Waals surface area (Å²) in [6, 6.07) is -2.93. The molecule has 0 aliphatic rings. The zero-order chi connectivity index (χ0) is 21.1. The van der Waals surface area contributed by atoms with Crippen molar-refractivity contribution in [1.29, 1.82) is 0 Å². The first kappa shape index (κ1) is 24.3. The molecule has 0 aromatic heterocycles. The summed E-state index contributed by atoms with van der Waals surface area (Å²) in [7, 11) is 0. The van der Waals surface area contributed by atoms with Gasteiger partial charge in [-0.3, -0.25) is 24.0 Å². The van der Waals surface area contributed by atoms with Gasteiger partial charge in [-0.05, 0) is 25.7 Å². The third-order valence-electron chi connectivity index (χ3n) is 3.54. The molecule has 0 saturated heterocycles. The standard InChI is InChI=1S/C16H29N5O6/c1-8(2)6-10(17)15(26)20-9(3)14(25)21-11(4-5-12(18)22)16(27)19-7-13(23)24/h8-11H,4-7,17H2,1-3H3,(H2,18,22)(H,19,27)(H,20,26)(H,21,25)(H,23,24).